The average molecular weight is 289 g/mol. The van der Waals surface area contributed by atoms with Crippen LogP contribution in [0, 0.1) is 5.92 Å². The van der Waals surface area contributed by atoms with Gasteiger partial charge in [0.05, 0.1) is 6.42 Å². The number of aromatic amines is 1. The number of fused-ring (bicyclic) bond motifs is 1. The molecule has 2 saturated heterocycles. The Hall–Kier alpha value is -1.31. The lowest BCUT2D eigenvalue weighted by molar-refractivity contribution is -0.134. The first-order chi connectivity index (χ1) is 9.53. The molecular weight excluding hydrogens is 271 g/mol. The van der Waals surface area contributed by atoms with E-state index in [2.05, 4.69) is 25.4 Å². The monoisotopic (exact) mass is 289 g/mol. The molecule has 2 aliphatic heterocycles. The summed E-state index contributed by atoms with van der Waals surface area (Å²) in [6, 6.07) is 0.370. The van der Waals surface area contributed by atoms with Crippen molar-refractivity contribution in [3.05, 3.63) is 5.82 Å². The van der Waals surface area contributed by atoms with Crippen LogP contribution in [-0.4, -0.2) is 47.0 Å². The van der Waals surface area contributed by atoms with E-state index >= 15 is 0 Å². The van der Waals surface area contributed by atoms with Gasteiger partial charge >= 0.3 is 6.18 Å². The Morgan fingerprint density at radius 2 is 2.15 bits per heavy atom. The van der Waals surface area contributed by atoms with Gasteiger partial charge in [-0.1, -0.05) is 0 Å². The number of hydrogen-bond donors (Lipinski definition) is 2. The van der Waals surface area contributed by atoms with E-state index in [1.807, 2.05) is 0 Å². The molecule has 2 atom stereocenters. The normalized spacial score (nSPS) is 26.9. The molecule has 1 aromatic heterocycles. The number of nitrogens with zero attached hydrogens (tertiary/aromatic N) is 3. The molecule has 0 bridgehead atoms. The Bertz CT molecular complexity index is 458. The van der Waals surface area contributed by atoms with E-state index in [9.17, 15) is 13.2 Å². The Labute approximate surface area is 114 Å². The number of anilines is 1. The number of hydrogen-bond acceptors (Lipinski definition) is 4. The van der Waals surface area contributed by atoms with E-state index in [0.29, 0.717) is 23.7 Å². The highest BCUT2D eigenvalue weighted by Gasteiger charge is 2.36. The molecule has 8 heteroatoms. The molecule has 0 aromatic carbocycles. The van der Waals surface area contributed by atoms with Crippen molar-refractivity contribution >= 4 is 5.95 Å². The summed E-state index contributed by atoms with van der Waals surface area (Å²) in [6.45, 7) is 2.78. The summed E-state index contributed by atoms with van der Waals surface area (Å²) in [6.07, 6.45) is -2.89. The van der Waals surface area contributed by atoms with Gasteiger partial charge in [0.2, 0.25) is 5.95 Å². The highest BCUT2D eigenvalue weighted by atomic mass is 19.4. The van der Waals surface area contributed by atoms with E-state index in [4.69, 9.17) is 0 Å². The van der Waals surface area contributed by atoms with Crippen molar-refractivity contribution in [1.82, 2.24) is 20.5 Å². The first-order valence-corrected chi connectivity index (χ1v) is 6.98. The number of piperidine rings is 1. The van der Waals surface area contributed by atoms with Gasteiger partial charge in [-0.15, -0.1) is 5.10 Å². The van der Waals surface area contributed by atoms with Crippen LogP contribution in [0.3, 0.4) is 0 Å². The van der Waals surface area contributed by atoms with Gasteiger partial charge in [0.25, 0.3) is 0 Å². The number of aryl methyl sites for hydroxylation is 1. The summed E-state index contributed by atoms with van der Waals surface area (Å²) in [7, 11) is 0. The van der Waals surface area contributed by atoms with Crippen molar-refractivity contribution in [2.45, 2.75) is 37.9 Å². The van der Waals surface area contributed by atoms with Gasteiger partial charge in [-0.05, 0) is 18.8 Å². The van der Waals surface area contributed by atoms with Crippen LogP contribution in [0.1, 0.15) is 25.1 Å². The minimum Gasteiger partial charge on any atom is -0.335 e. The minimum absolute atomic E-state index is 0.142. The average Bonchev–Trinajstić information content (AvgIpc) is 3.04. The van der Waals surface area contributed by atoms with Crippen LogP contribution < -0.4 is 10.2 Å². The third-order valence-electron chi connectivity index (χ3n) is 4.10. The Morgan fingerprint density at radius 1 is 1.30 bits per heavy atom. The lowest BCUT2D eigenvalue weighted by atomic mass is 9.92. The number of halogens is 3. The number of nitrogens with one attached hydrogen (secondary N) is 2. The maximum atomic E-state index is 12.2. The van der Waals surface area contributed by atoms with Crippen molar-refractivity contribution in [2.24, 2.45) is 5.92 Å². The fraction of sp³-hybridized carbons (Fsp3) is 0.833. The highest BCUT2D eigenvalue weighted by Crippen LogP contribution is 2.29. The molecule has 1 aromatic rings. The van der Waals surface area contributed by atoms with E-state index in [-0.39, 0.29) is 6.42 Å². The molecule has 2 fully saturated rings. The van der Waals surface area contributed by atoms with Crippen LogP contribution in [0.4, 0.5) is 19.1 Å². The van der Waals surface area contributed by atoms with E-state index in [0.717, 1.165) is 26.1 Å². The van der Waals surface area contributed by atoms with Crippen molar-refractivity contribution in [1.29, 1.82) is 0 Å². The lowest BCUT2D eigenvalue weighted by Crippen LogP contribution is -2.45. The fourth-order valence-corrected chi connectivity index (χ4v) is 3.10. The summed E-state index contributed by atoms with van der Waals surface area (Å²) in [5.41, 5.74) is 0. The van der Waals surface area contributed by atoms with E-state index < -0.39 is 12.6 Å². The zero-order valence-corrected chi connectivity index (χ0v) is 11.1. The Morgan fingerprint density at radius 3 is 2.95 bits per heavy atom. The van der Waals surface area contributed by atoms with Crippen LogP contribution in [0.25, 0.3) is 0 Å². The zero-order valence-electron chi connectivity index (χ0n) is 11.1. The van der Waals surface area contributed by atoms with Gasteiger partial charge in [-0.2, -0.15) is 18.2 Å². The number of alkyl halides is 3. The fourth-order valence-electron chi connectivity index (χ4n) is 3.10. The van der Waals surface area contributed by atoms with Gasteiger partial charge in [-0.3, -0.25) is 5.10 Å². The van der Waals surface area contributed by atoms with Crippen LogP contribution in [0.2, 0.25) is 0 Å². The third kappa shape index (κ3) is 2.89. The second-order valence-electron chi connectivity index (χ2n) is 5.52. The quantitative estimate of drug-likeness (QED) is 0.885. The van der Waals surface area contributed by atoms with Gasteiger partial charge in [-0.25, -0.2) is 0 Å². The van der Waals surface area contributed by atoms with Crippen LogP contribution >= 0.6 is 0 Å². The summed E-state index contributed by atoms with van der Waals surface area (Å²) < 4.78 is 36.6. The van der Waals surface area contributed by atoms with E-state index in [1.54, 1.807) is 0 Å². The maximum Gasteiger partial charge on any atom is 0.389 e. The molecule has 3 rings (SSSR count). The highest BCUT2D eigenvalue weighted by molar-refractivity contribution is 5.33. The molecule has 2 unspecified atom stereocenters. The molecule has 0 amide bonds. The van der Waals surface area contributed by atoms with Gasteiger partial charge in [0.15, 0.2) is 0 Å². The van der Waals surface area contributed by atoms with Gasteiger partial charge in [0.1, 0.15) is 5.82 Å². The molecule has 0 radical (unpaired) electrons. The molecule has 20 heavy (non-hydrogen) atoms. The molecule has 2 N–H and O–H groups in total. The summed E-state index contributed by atoms with van der Waals surface area (Å²) in [5, 5.41) is 10.1. The third-order valence-corrected chi connectivity index (χ3v) is 4.10. The maximum absolute atomic E-state index is 12.2. The topological polar surface area (TPSA) is 56.8 Å². The SMILES string of the molecule is FC(F)(F)CCc1nc(N2CCCC3CNCC32)n[nH]1. The second-order valence-corrected chi connectivity index (χ2v) is 5.52. The van der Waals surface area contributed by atoms with Gasteiger partial charge < -0.3 is 10.2 Å². The number of rotatable bonds is 3. The van der Waals surface area contributed by atoms with Crippen LogP contribution in [0.15, 0.2) is 0 Å². The van der Waals surface area contributed by atoms with Crippen molar-refractivity contribution < 1.29 is 13.2 Å². The predicted octanol–water partition coefficient (Wildman–Crippen LogP) is 1.49. The molecule has 3 heterocycles. The first-order valence-electron chi connectivity index (χ1n) is 6.98. The summed E-state index contributed by atoms with van der Waals surface area (Å²) in [5.74, 6) is 1.45. The number of aromatic nitrogens is 3. The smallest absolute Gasteiger partial charge is 0.335 e. The van der Waals surface area contributed by atoms with Crippen LogP contribution in [-0.2, 0) is 6.42 Å². The van der Waals surface area contributed by atoms with Crippen molar-refractivity contribution in [2.75, 3.05) is 24.5 Å². The van der Waals surface area contributed by atoms with E-state index in [1.165, 1.54) is 6.42 Å². The Kier molecular flexibility index (Phi) is 3.57. The van der Waals surface area contributed by atoms with Crippen molar-refractivity contribution in [3.63, 3.8) is 0 Å². The largest absolute Gasteiger partial charge is 0.389 e. The molecule has 2 aliphatic rings. The predicted molar refractivity (Wildman–Crippen MR) is 67.5 cm³/mol. The second kappa shape index (κ2) is 5.23. The molecular formula is C12H18F3N5. The molecule has 5 nitrogen and oxygen atoms in total. The summed E-state index contributed by atoms with van der Waals surface area (Å²) >= 11 is 0. The minimum atomic E-state index is -4.15. The molecule has 0 aliphatic carbocycles. The molecule has 0 saturated carbocycles. The molecule has 112 valence electrons. The van der Waals surface area contributed by atoms with Gasteiger partial charge in [0, 0.05) is 32.1 Å². The first kappa shape index (κ1) is 13.7. The number of H-pyrrole nitrogens is 1. The van der Waals surface area contributed by atoms with Crippen molar-refractivity contribution in [3.8, 4) is 0 Å². The zero-order chi connectivity index (χ0) is 14.2. The Balaban J connectivity index is 1.66. The standard InChI is InChI=1S/C12H18F3N5/c13-12(14,15)4-3-10-17-11(19-18-10)20-5-1-2-8-6-16-7-9(8)20/h8-9,16H,1-7H2,(H,17,18,19). The summed E-state index contributed by atoms with van der Waals surface area (Å²) in [4.78, 5) is 6.36. The molecule has 0 spiro atoms. The van der Waals surface area contributed by atoms with Crippen LogP contribution in [0.5, 0.6) is 0 Å². The lowest BCUT2D eigenvalue weighted by Gasteiger charge is -2.36.